The van der Waals surface area contributed by atoms with Crippen molar-refractivity contribution in [1.29, 1.82) is 0 Å². The van der Waals surface area contributed by atoms with Gasteiger partial charge in [0.2, 0.25) is 0 Å². The number of hydrogen-bond donors (Lipinski definition) is 1. The minimum atomic E-state index is 0.179. The zero-order chi connectivity index (χ0) is 8.97. The molecule has 1 rings (SSSR count). The van der Waals surface area contributed by atoms with Crippen LogP contribution in [-0.4, -0.2) is 10.3 Å². The molecule has 0 saturated carbocycles. The number of thiol groups is 1. The van der Waals surface area contributed by atoms with Crippen LogP contribution < -0.4 is 4.74 Å². The largest absolute Gasteiger partial charge is 0.490 e. The third-order valence-corrected chi connectivity index (χ3v) is 2.13. The number of para-hydroxylation sites is 1. The minimum absolute atomic E-state index is 0.179. The molecule has 0 aromatic heterocycles. The fraction of sp³-hybridized carbons (Fsp3) is 0.250. The topological polar surface area (TPSA) is 9.23 Å². The summed E-state index contributed by atoms with van der Waals surface area (Å²) >= 11 is 10.9. The molecule has 1 aromatic rings. The number of halogens is 2. The van der Waals surface area contributed by atoms with Gasteiger partial charge in [-0.05, 0) is 12.1 Å². The van der Waals surface area contributed by atoms with Crippen molar-refractivity contribution in [2.24, 2.45) is 0 Å². The summed E-state index contributed by atoms with van der Waals surface area (Å²) in [5, 5.41) is 0. The van der Waals surface area contributed by atoms with E-state index in [4.69, 9.17) is 4.74 Å². The zero-order valence-corrected chi connectivity index (χ0v) is 10.3. The molecule has 0 saturated heterocycles. The van der Waals surface area contributed by atoms with Gasteiger partial charge in [-0.25, -0.2) is 0 Å². The van der Waals surface area contributed by atoms with Crippen molar-refractivity contribution < 1.29 is 4.74 Å². The van der Waals surface area contributed by atoms with Crippen LogP contribution >= 0.6 is 44.5 Å². The van der Waals surface area contributed by atoms with E-state index in [1.54, 1.807) is 0 Å². The molecule has 0 heterocycles. The highest BCUT2D eigenvalue weighted by Gasteiger charge is 2.01. The van der Waals surface area contributed by atoms with Crippen LogP contribution in [0.3, 0.4) is 0 Å². The number of alkyl halides is 2. The molecule has 0 fully saturated rings. The normalized spacial score (nSPS) is 10.3. The molecule has 12 heavy (non-hydrogen) atoms. The average Bonchev–Trinajstić information content (AvgIpc) is 2.03. The Morgan fingerprint density at radius 1 is 1.33 bits per heavy atom. The van der Waals surface area contributed by atoms with Crippen LogP contribution in [0.15, 0.2) is 29.2 Å². The molecule has 0 aliphatic rings. The summed E-state index contributed by atoms with van der Waals surface area (Å²) < 4.78 is 5.61. The second-order valence-electron chi connectivity index (χ2n) is 2.17. The Morgan fingerprint density at radius 3 is 2.58 bits per heavy atom. The first-order valence-electron chi connectivity index (χ1n) is 3.39. The molecular formula is C8H8Br2OS. The van der Waals surface area contributed by atoms with Crippen molar-refractivity contribution >= 4 is 44.5 Å². The van der Waals surface area contributed by atoms with Crippen LogP contribution in [-0.2, 0) is 0 Å². The van der Waals surface area contributed by atoms with Gasteiger partial charge in [-0.15, -0.1) is 12.6 Å². The molecule has 0 atom stereocenters. The second kappa shape index (κ2) is 5.14. The Labute approximate surface area is 94.2 Å². The number of ether oxygens (including phenoxy) is 1. The minimum Gasteiger partial charge on any atom is -0.490 e. The maximum absolute atomic E-state index is 5.43. The number of hydrogen-bond acceptors (Lipinski definition) is 2. The van der Waals surface area contributed by atoms with Crippen molar-refractivity contribution in [2.75, 3.05) is 6.61 Å². The van der Waals surface area contributed by atoms with Crippen LogP contribution in [0.5, 0.6) is 5.75 Å². The van der Waals surface area contributed by atoms with E-state index in [-0.39, 0.29) is 3.74 Å². The standard InChI is InChI=1S/C8H8Br2OS/c9-8(10)5-11-6-3-1-2-4-7(6)12/h1-4,8,12H,5H2. The van der Waals surface area contributed by atoms with Gasteiger partial charge < -0.3 is 4.74 Å². The number of benzene rings is 1. The summed E-state index contributed by atoms with van der Waals surface area (Å²) in [4.78, 5) is 0.859. The molecule has 0 amide bonds. The summed E-state index contributed by atoms with van der Waals surface area (Å²) in [5.74, 6) is 0.810. The van der Waals surface area contributed by atoms with Gasteiger partial charge in [0.25, 0.3) is 0 Å². The van der Waals surface area contributed by atoms with Crippen LogP contribution in [0, 0.1) is 0 Å². The molecule has 0 N–H and O–H groups in total. The van der Waals surface area contributed by atoms with E-state index >= 15 is 0 Å². The van der Waals surface area contributed by atoms with Crippen molar-refractivity contribution in [3.8, 4) is 5.75 Å². The van der Waals surface area contributed by atoms with Crippen LogP contribution in [0.2, 0.25) is 0 Å². The van der Waals surface area contributed by atoms with E-state index in [2.05, 4.69) is 44.5 Å². The van der Waals surface area contributed by atoms with Gasteiger partial charge in [0.15, 0.2) is 0 Å². The molecule has 1 aromatic carbocycles. The first-order chi connectivity index (χ1) is 5.70. The first kappa shape index (κ1) is 10.4. The summed E-state index contributed by atoms with van der Waals surface area (Å²) in [6, 6.07) is 7.64. The third kappa shape index (κ3) is 3.37. The quantitative estimate of drug-likeness (QED) is 0.664. The van der Waals surface area contributed by atoms with Gasteiger partial charge in [-0.1, -0.05) is 44.0 Å². The molecule has 0 radical (unpaired) electrons. The highest BCUT2D eigenvalue weighted by Crippen LogP contribution is 2.22. The Morgan fingerprint density at radius 2 is 2.00 bits per heavy atom. The fourth-order valence-corrected chi connectivity index (χ4v) is 1.22. The summed E-state index contributed by atoms with van der Waals surface area (Å²) in [6.45, 7) is 0.581. The molecule has 0 bridgehead atoms. The molecule has 0 spiro atoms. The summed E-state index contributed by atoms with van der Waals surface area (Å²) in [6.07, 6.45) is 0. The van der Waals surface area contributed by atoms with E-state index in [1.807, 2.05) is 24.3 Å². The lowest BCUT2D eigenvalue weighted by Gasteiger charge is -2.08. The SMILES string of the molecule is Sc1ccccc1OCC(Br)Br. The lowest BCUT2D eigenvalue weighted by Crippen LogP contribution is -2.04. The highest BCUT2D eigenvalue weighted by atomic mass is 79.9. The van der Waals surface area contributed by atoms with Gasteiger partial charge in [-0.2, -0.15) is 0 Å². The Bertz CT molecular complexity index is 253. The molecule has 0 unspecified atom stereocenters. The van der Waals surface area contributed by atoms with Crippen molar-refractivity contribution in [2.45, 2.75) is 8.63 Å². The molecular weight excluding hydrogens is 304 g/mol. The molecule has 66 valence electrons. The zero-order valence-electron chi connectivity index (χ0n) is 6.21. The van der Waals surface area contributed by atoms with E-state index < -0.39 is 0 Å². The van der Waals surface area contributed by atoms with Crippen molar-refractivity contribution in [3.63, 3.8) is 0 Å². The first-order valence-corrected chi connectivity index (χ1v) is 5.67. The average molecular weight is 312 g/mol. The van der Waals surface area contributed by atoms with Gasteiger partial charge in [0.05, 0.1) is 0 Å². The van der Waals surface area contributed by atoms with E-state index in [1.165, 1.54) is 0 Å². The van der Waals surface area contributed by atoms with Crippen molar-refractivity contribution in [1.82, 2.24) is 0 Å². The second-order valence-corrected chi connectivity index (χ2v) is 6.09. The lowest BCUT2D eigenvalue weighted by molar-refractivity contribution is 0.332. The van der Waals surface area contributed by atoms with Gasteiger partial charge in [-0.3, -0.25) is 0 Å². The maximum Gasteiger partial charge on any atom is 0.132 e. The van der Waals surface area contributed by atoms with Gasteiger partial charge in [0.1, 0.15) is 16.1 Å². The van der Waals surface area contributed by atoms with Gasteiger partial charge >= 0.3 is 0 Å². The maximum atomic E-state index is 5.43. The summed E-state index contributed by atoms with van der Waals surface area (Å²) in [7, 11) is 0. The van der Waals surface area contributed by atoms with E-state index in [0.29, 0.717) is 6.61 Å². The van der Waals surface area contributed by atoms with Crippen LogP contribution in [0.25, 0.3) is 0 Å². The van der Waals surface area contributed by atoms with Crippen LogP contribution in [0.1, 0.15) is 0 Å². The Kier molecular flexibility index (Phi) is 4.46. The monoisotopic (exact) mass is 310 g/mol. The highest BCUT2D eigenvalue weighted by molar-refractivity contribution is 9.24. The van der Waals surface area contributed by atoms with Crippen LogP contribution in [0.4, 0.5) is 0 Å². The third-order valence-electron chi connectivity index (χ3n) is 1.23. The van der Waals surface area contributed by atoms with Crippen molar-refractivity contribution in [3.05, 3.63) is 24.3 Å². The fourth-order valence-electron chi connectivity index (χ4n) is 0.732. The number of rotatable bonds is 3. The molecule has 4 heteroatoms. The lowest BCUT2D eigenvalue weighted by atomic mass is 10.3. The smallest absolute Gasteiger partial charge is 0.132 e. The van der Waals surface area contributed by atoms with E-state index in [0.717, 1.165) is 10.6 Å². The van der Waals surface area contributed by atoms with Gasteiger partial charge in [0, 0.05) is 4.90 Å². The summed E-state index contributed by atoms with van der Waals surface area (Å²) in [5.41, 5.74) is 0. The Balaban J connectivity index is 2.57. The molecule has 1 nitrogen and oxygen atoms in total. The van der Waals surface area contributed by atoms with E-state index in [9.17, 15) is 0 Å². The molecule has 0 aliphatic carbocycles. The molecule has 0 aliphatic heterocycles. The Hall–Kier alpha value is 0.330. The predicted molar refractivity (Wildman–Crippen MR) is 60.8 cm³/mol. The predicted octanol–water partition coefficient (Wildman–Crippen LogP) is 3.47.